The first kappa shape index (κ1) is 10.1. The Morgan fingerprint density at radius 1 is 1.31 bits per heavy atom. The van der Waals surface area contributed by atoms with Crippen LogP contribution in [0.15, 0.2) is 36.5 Å². The second-order valence-electron chi connectivity index (χ2n) is 4.25. The molecule has 2 heterocycles. The van der Waals surface area contributed by atoms with Gasteiger partial charge in [-0.05, 0) is 35.9 Å². The van der Waals surface area contributed by atoms with E-state index in [0.717, 1.165) is 34.4 Å². The molecule has 0 spiro atoms. The van der Waals surface area contributed by atoms with Crippen molar-refractivity contribution in [2.45, 2.75) is 12.0 Å². The molecule has 1 aliphatic rings. The van der Waals surface area contributed by atoms with Gasteiger partial charge in [0.15, 0.2) is 0 Å². The summed E-state index contributed by atoms with van der Waals surface area (Å²) in [6, 6.07) is 10.0. The Kier molecular flexibility index (Phi) is 2.37. The van der Waals surface area contributed by atoms with Crippen LogP contribution in [0.1, 0.15) is 12.0 Å². The lowest BCUT2D eigenvalue weighted by atomic mass is 9.92. The van der Waals surface area contributed by atoms with E-state index in [1.807, 2.05) is 36.0 Å². The van der Waals surface area contributed by atoms with Gasteiger partial charge in [-0.1, -0.05) is 12.1 Å². The fraction of sp³-hybridized carbons (Fsp3) is 0.308. The lowest BCUT2D eigenvalue weighted by Crippen LogP contribution is -2.24. The molecule has 0 aliphatic carbocycles. The summed E-state index contributed by atoms with van der Waals surface area (Å²) >= 11 is 1.82. The van der Waals surface area contributed by atoms with Crippen LogP contribution in [-0.2, 0) is 5.60 Å². The van der Waals surface area contributed by atoms with Crippen molar-refractivity contribution in [2.24, 2.45) is 0 Å². The van der Waals surface area contributed by atoms with E-state index < -0.39 is 5.60 Å². The standard InChI is InChI=1S/C13H13NOS/c15-13(5-7-16-9-13)11-3-4-12-10(8-11)2-1-6-14-12/h1-4,6,8,15H,5,7,9H2. The number of aromatic nitrogens is 1. The van der Waals surface area contributed by atoms with Crippen LogP contribution in [0.25, 0.3) is 10.9 Å². The summed E-state index contributed by atoms with van der Waals surface area (Å²) in [5.74, 6) is 1.85. The summed E-state index contributed by atoms with van der Waals surface area (Å²) in [6.07, 6.45) is 2.64. The third-order valence-electron chi connectivity index (χ3n) is 3.14. The van der Waals surface area contributed by atoms with Gasteiger partial charge in [-0.3, -0.25) is 4.98 Å². The summed E-state index contributed by atoms with van der Waals surface area (Å²) in [7, 11) is 0. The van der Waals surface area contributed by atoms with E-state index in [0.29, 0.717) is 0 Å². The average molecular weight is 231 g/mol. The van der Waals surface area contributed by atoms with Crippen molar-refractivity contribution >= 4 is 22.7 Å². The van der Waals surface area contributed by atoms with Gasteiger partial charge in [0.05, 0.1) is 11.1 Å². The molecule has 3 rings (SSSR count). The molecule has 0 bridgehead atoms. The first-order valence-electron chi connectivity index (χ1n) is 5.43. The van der Waals surface area contributed by atoms with Crippen LogP contribution in [0, 0.1) is 0 Å². The maximum Gasteiger partial charge on any atom is 0.0994 e. The van der Waals surface area contributed by atoms with E-state index >= 15 is 0 Å². The SMILES string of the molecule is OC1(c2ccc3ncccc3c2)CCSC1. The predicted molar refractivity (Wildman–Crippen MR) is 67.6 cm³/mol. The molecule has 82 valence electrons. The minimum Gasteiger partial charge on any atom is -0.384 e. The molecule has 1 N–H and O–H groups in total. The Bertz CT molecular complexity index is 520. The molecule has 3 heteroatoms. The van der Waals surface area contributed by atoms with Crippen LogP contribution in [-0.4, -0.2) is 21.6 Å². The highest BCUT2D eigenvalue weighted by atomic mass is 32.2. The minimum atomic E-state index is -0.630. The van der Waals surface area contributed by atoms with Crippen molar-refractivity contribution in [3.05, 3.63) is 42.1 Å². The third-order valence-corrected chi connectivity index (χ3v) is 4.32. The summed E-state index contributed by atoms with van der Waals surface area (Å²) < 4.78 is 0. The van der Waals surface area contributed by atoms with Crippen molar-refractivity contribution in [3.63, 3.8) is 0 Å². The van der Waals surface area contributed by atoms with Gasteiger partial charge >= 0.3 is 0 Å². The van der Waals surface area contributed by atoms with Crippen molar-refractivity contribution in [1.29, 1.82) is 0 Å². The molecular formula is C13H13NOS. The summed E-state index contributed by atoms with van der Waals surface area (Å²) in [5, 5.41) is 11.6. The van der Waals surface area contributed by atoms with E-state index in [4.69, 9.17) is 0 Å². The lowest BCUT2D eigenvalue weighted by molar-refractivity contribution is 0.0659. The molecule has 0 saturated carbocycles. The number of thioether (sulfide) groups is 1. The Labute approximate surface area is 98.7 Å². The number of benzene rings is 1. The van der Waals surface area contributed by atoms with Gasteiger partial charge in [0.1, 0.15) is 0 Å². The van der Waals surface area contributed by atoms with E-state index in [2.05, 4.69) is 11.1 Å². The molecular weight excluding hydrogens is 218 g/mol. The van der Waals surface area contributed by atoms with Crippen molar-refractivity contribution in [3.8, 4) is 0 Å². The molecule has 1 aromatic heterocycles. The molecule has 2 nitrogen and oxygen atoms in total. The zero-order chi connectivity index (χ0) is 11.0. The summed E-state index contributed by atoms with van der Waals surface area (Å²) in [5.41, 5.74) is 1.38. The highest BCUT2D eigenvalue weighted by Gasteiger charge is 2.33. The first-order chi connectivity index (χ1) is 7.78. The number of pyridine rings is 1. The average Bonchev–Trinajstić information content (AvgIpc) is 2.77. The van der Waals surface area contributed by atoms with E-state index in [-0.39, 0.29) is 0 Å². The fourth-order valence-corrected chi connectivity index (χ4v) is 3.42. The zero-order valence-electron chi connectivity index (χ0n) is 8.89. The number of hydrogen-bond donors (Lipinski definition) is 1. The maximum absolute atomic E-state index is 10.5. The van der Waals surface area contributed by atoms with Gasteiger partial charge in [0, 0.05) is 17.3 Å². The van der Waals surface area contributed by atoms with E-state index in [1.54, 1.807) is 6.20 Å². The van der Waals surface area contributed by atoms with Crippen molar-refractivity contribution < 1.29 is 5.11 Å². The van der Waals surface area contributed by atoms with Gasteiger partial charge < -0.3 is 5.11 Å². The van der Waals surface area contributed by atoms with E-state index in [9.17, 15) is 5.11 Å². The molecule has 0 radical (unpaired) electrons. The number of rotatable bonds is 1. The Morgan fingerprint density at radius 3 is 3.06 bits per heavy atom. The predicted octanol–water partition coefficient (Wildman–Crippen LogP) is 2.56. The fourth-order valence-electron chi connectivity index (χ4n) is 2.15. The third kappa shape index (κ3) is 1.60. The molecule has 1 atom stereocenters. The molecule has 0 amide bonds. The van der Waals surface area contributed by atoms with Gasteiger partial charge in [0.25, 0.3) is 0 Å². The smallest absolute Gasteiger partial charge is 0.0994 e. The van der Waals surface area contributed by atoms with Gasteiger partial charge in [-0.2, -0.15) is 11.8 Å². The maximum atomic E-state index is 10.5. The minimum absolute atomic E-state index is 0.630. The van der Waals surface area contributed by atoms with E-state index in [1.165, 1.54) is 0 Å². The normalized spacial score (nSPS) is 25.1. The molecule has 1 saturated heterocycles. The van der Waals surface area contributed by atoms with Crippen molar-refractivity contribution in [1.82, 2.24) is 4.98 Å². The molecule has 16 heavy (non-hydrogen) atoms. The molecule has 2 aromatic rings. The lowest BCUT2D eigenvalue weighted by Gasteiger charge is -2.22. The quantitative estimate of drug-likeness (QED) is 0.818. The summed E-state index contributed by atoms with van der Waals surface area (Å²) in [4.78, 5) is 4.28. The van der Waals surface area contributed by atoms with Gasteiger partial charge in [0.2, 0.25) is 0 Å². The second kappa shape index (κ2) is 3.75. The highest BCUT2D eigenvalue weighted by Crippen LogP contribution is 2.37. The Hall–Kier alpha value is -1.06. The number of hydrogen-bond acceptors (Lipinski definition) is 3. The molecule has 1 aromatic carbocycles. The van der Waals surface area contributed by atoms with Crippen LogP contribution in [0.2, 0.25) is 0 Å². The van der Waals surface area contributed by atoms with Crippen molar-refractivity contribution in [2.75, 3.05) is 11.5 Å². The topological polar surface area (TPSA) is 33.1 Å². The second-order valence-corrected chi connectivity index (χ2v) is 5.35. The number of aliphatic hydroxyl groups is 1. The van der Waals surface area contributed by atoms with Crippen LogP contribution < -0.4 is 0 Å². The Balaban J connectivity index is 2.11. The van der Waals surface area contributed by atoms with Gasteiger partial charge in [-0.25, -0.2) is 0 Å². The molecule has 1 fully saturated rings. The monoisotopic (exact) mass is 231 g/mol. The Morgan fingerprint density at radius 2 is 2.25 bits per heavy atom. The number of fused-ring (bicyclic) bond motifs is 1. The number of nitrogens with zero attached hydrogens (tertiary/aromatic N) is 1. The zero-order valence-corrected chi connectivity index (χ0v) is 9.70. The van der Waals surface area contributed by atoms with Crippen LogP contribution in [0.3, 0.4) is 0 Å². The van der Waals surface area contributed by atoms with Gasteiger partial charge in [-0.15, -0.1) is 0 Å². The molecule has 1 unspecified atom stereocenters. The summed E-state index contributed by atoms with van der Waals surface area (Å²) in [6.45, 7) is 0. The highest BCUT2D eigenvalue weighted by molar-refractivity contribution is 7.99. The first-order valence-corrected chi connectivity index (χ1v) is 6.59. The van der Waals surface area contributed by atoms with Crippen LogP contribution >= 0.6 is 11.8 Å². The van der Waals surface area contributed by atoms with Crippen LogP contribution in [0.4, 0.5) is 0 Å². The largest absolute Gasteiger partial charge is 0.384 e. The molecule has 1 aliphatic heterocycles. The van der Waals surface area contributed by atoms with Crippen LogP contribution in [0.5, 0.6) is 0 Å².